The van der Waals surface area contributed by atoms with Gasteiger partial charge in [-0.2, -0.15) is 9.97 Å². The zero-order valence-electron chi connectivity index (χ0n) is 15.1. The van der Waals surface area contributed by atoms with Crippen LogP contribution in [0.4, 0.5) is 0 Å². The molecule has 6 heteroatoms. The molecule has 2 aromatic rings. The third-order valence-electron chi connectivity index (χ3n) is 4.50. The monoisotopic (exact) mass is 353 g/mol. The molecule has 0 aliphatic carbocycles. The largest absolute Gasteiger partial charge is 0.481 e. The van der Waals surface area contributed by atoms with Gasteiger partial charge < -0.3 is 14.4 Å². The summed E-state index contributed by atoms with van der Waals surface area (Å²) >= 11 is 0. The Hall–Kier alpha value is -2.89. The summed E-state index contributed by atoms with van der Waals surface area (Å²) in [7, 11) is 3.15. The van der Waals surface area contributed by atoms with E-state index in [-0.39, 0.29) is 11.8 Å². The summed E-state index contributed by atoms with van der Waals surface area (Å²) in [5.74, 6) is 1.94. The van der Waals surface area contributed by atoms with Crippen molar-refractivity contribution in [1.82, 2.24) is 14.9 Å². The number of hydrogen-bond donors (Lipinski definition) is 0. The van der Waals surface area contributed by atoms with Gasteiger partial charge in [0.2, 0.25) is 17.7 Å². The first-order valence-electron chi connectivity index (χ1n) is 8.68. The van der Waals surface area contributed by atoms with Crippen LogP contribution in [-0.4, -0.2) is 48.1 Å². The van der Waals surface area contributed by atoms with Crippen molar-refractivity contribution in [1.29, 1.82) is 0 Å². The second kappa shape index (κ2) is 8.47. The summed E-state index contributed by atoms with van der Waals surface area (Å²) in [5.41, 5.74) is 1.02. The number of ether oxygens (including phenoxy) is 2. The summed E-state index contributed by atoms with van der Waals surface area (Å²) in [6.45, 7) is 1.37. The first kappa shape index (κ1) is 17.9. The maximum Gasteiger partial charge on any atom is 0.246 e. The third kappa shape index (κ3) is 4.39. The Morgan fingerprint density at radius 3 is 2.27 bits per heavy atom. The fourth-order valence-electron chi connectivity index (χ4n) is 3.01. The molecule has 0 atom stereocenters. The lowest BCUT2D eigenvalue weighted by molar-refractivity contribution is -0.127. The lowest BCUT2D eigenvalue weighted by atomic mass is 9.96. The molecule has 136 valence electrons. The van der Waals surface area contributed by atoms with Gasteiger partial charge in [-0.3, -0.25) is 4.79 Å². The van der Waals surface area contributed by atoms with E-state index in [0.717, 1.165) is 18.4 Å². The smallest absolute Gasteiger partial charge is 0.246 e. The Bertz CT molecular complexity index is 747. The highest BCUT2D eigenvalue weighted by Gasteiger charge is 2.25. The highest BCUT2D eigenvalue weighted by molar-refractivity contribution is 5.91. The number of aromatic nitrogens is 2. The molecule has 2 heterocycles. The summed E-state index contributed by atoms with van der Waals surface area (Å²) in [6.07, 6.45) is 5.13. The number of methoxy groups -OCH3 is 2. The number of rotatable bonds is 5. The third-order valence-corrected chi connectivity index (χ3v) is 4.50. The van der Waals surface area contributed by atoms with E-state index in [9.17, 15) is 4.79 Å². The molecule has 1 aromatic carbocycles. The second-order valence-corrected chi connectivity index (χ2v) is 6.15. The highest BCUT2D eigenvalue weighted by atomic mass is 16.5. The molecule has 0 unspecified atom stereocenters. The van der Waals surface area contributed by atoms with Crippen LogP contribution in [0.3, 0.4) is 0 Å². The highest BCUT2D eigenvalue weighted by Crippen LogP contribution is 2.28. The molecule has 3 rings (SSSR count). The van der Waals surface area contributed by atoms with Crippen molar-refractivity contribution < 1.29 is 14.3 Å². The summed E-state index contributed by atoms with van der Waals surface area (Å²) in [4.78, 5) is 23.1. The molecule has 1 aliphatic heterocycles. The Labute approximate surface area is 153 Å². The SMILES string of the molecule is COc1cc(OC)nc(C2CCN(C(=O)C=Cc3ccccc3)CC2)n1. The van der Waals surface area contributed by atoms with Crippen molar-refractivity contribution in [2.45, 2.75) is 18.8 Å². The van der Waals surface area contributed by atoms with E-state index in [1.54, 1.807) is 26.4 Å². The average Bonchev–Trinajstić information content (AvgIpc) is 2.72. The second-order valence-electron chi connectivity index (χ2n) is 6.15. The normalized spacial score (nSPS) is 15.2. The Morgan fingerprint density at radius 1 is 1.08 bits per heavy atom. The summed E-state index contributed by atoms with van der Waals surface area (Å²) in [5, 5.41) is 0. The van der Waals surface area contributed by atoms with Gasteiger partial charge in [0.05, 0.1) is 20.3 Å². The minimum Gasteiger partial charge on any atom is -0.481 e. The van der Waals surface area contributed by atoms with E-state index in [1.807, 2.05) is 41.3 Å². The van der Waals surface area contributed by atoms with E-state index < -0.39 is 0 Å². The molecule has 1 aliphatic rings. The van der Waals surface area contributed by atoms with Gasteiger partial charge in [-0.1, -0.05) is 30.3 Å². The standard InChI is InChI=1S/C20H23N3O3/c1-25-17-14-18(26-2)22-20(21-17)16-10-12-23(13-11-16)19(24)9-8-15-6-4-3-5-7-15/h3-9,14,16H,10-13H2,1-2H3. The van der Waals surface area contributed by atoms with Crippen LogP contribution in [0.15, 0.2) is 42.5 Å². The number of amides is 1. The maximum atomic E-state index is 12.4. The minimum absolute atomic E-state index is 0.0384. The molecule has 1 amide bonds. The van der Waals surface area contributed by atoms with Crippen LogP contribution in [0.5, 0.6) is 11.8 Å². The van der Waals surface area contributed by atoms with E-state index in [2.05, 4.69) is 9.97 Å². The predicted octanol–water partition coefficient (Wildman–Crippen LogP) is 2.91. The fourth-order valence-corrected chi connectivity index (χ4v) is 3.01. The minimum atomic E-state index is 0.0384. The summed E-state index contributed by atoms with van der Waals surface area (Å²) in [6, 6.07) is 11.5. The molecule has 1 saturated heterocycles. The number of benzene rings is 1. The lowest BCUT2D eigenvalue weighted by Crippen LogP contribution is -2.37. The molecule has 1 fully saturated rings. The van der Waals surface area contributed by atoms with Crippen LogP contribution >= 0.6 is 0 Å². The number of likely N-dealkylation sites (tertiary alicyclic amines) is 1. The molecule has 1 aromatic heterocycles. The van der Waals surface area contributed by atoms with Crippen LogP contribution in [0.25, 0.3) is 6.08 Å². The van der Waals surface area contributed by atoms with Crippen molar-refractivity contribution in [3.8, 4) is 11.8 Å². The number of hydrogen-bond acceptors (Lipinski definition) is 5. The van der Waals surface area contributed by atoms with Crippen molar-refractivity contribution in [2.24, 2.45) is 0 Å². The van der Waals surface area contributed by atoms with Crippen LogP contribution in [0, 0.1) is 0 Å². The molecule has 26 heavy (non-hydrogen) atoms. The van der Waals surface area contributed by atoms with E-state index in [0.29, 0.717) is 30.7 Å². The van der Waals surface area contributed by atoms with Crippen molar-refractivity contribution in [3.63, 3.8) is 0 Å². The molecule has 0 bridgehead atoms. The van der Waals surface area contributed by atoms with Crippen LogP contribution in [-0.2, 0) is 4.79 Å². The van der Waals surface area contributed by atoms with Gasteiger partial charge in [0.15, 0.2) is 0 Å². The van der Waals surface area contributed by atoms with Gasteiger partial charge >= 0.3 is 0 Å². The Balaban J connectivity index is 1.60. The zero-order valence-corrected chi connectivity index (χ0v) is 15.1. The lowest BCUT2D eigenvalue weighted by Gasteiger charge is -2.30. The van der Waals surface area contributed by atoms with Gasteiger partial charge in [-0.15, -0.1) is 0 Å². The van der Waals surface area contributed by atoms with Crippen molar-refractivity contribution >= 4 is 12.0 Å². The Kier molecular flexibility index (Phi) is 5.84. The summed E-state index contributed by atoms with van der Waals surface area (Å²) < 4.78 is 10.4. The first-order valence-corrected chi connectivity index (χ1v) is 8.68. The maximum absolute atomic E-state index is 12.4. The van der Waals surface area contributed by atoms with Crippen LogP contribution in [0.2, 0.25) is 0 Å². The quantitative estimate of drug-likeness (QED) is 0.774. The first-order chi connectivity index (χ1) is 12.7. The Morgan fingerprint density at radius 2 is 1.69 bits per heavy atom. The van der Waals surface area contributed by atoms with Gasteiger partial charge in [-0.05, 0) is 24.5 Å². The van der Waals surface area contributed by atoms with Gasteiger partial charge in [0.1, 0.15) is 5.82 Å². The van der Waals surface area contributed by atoms with Crippen molar-refractivity contribution in [3.05, 3.63) is 53.9 Å². The number of carbonyl (C=O) groups excluding carboxylic acids is 1. The van der Waals surface area contributed by atoms with Gasteiger partial charge in [0, 0.05) is 25.1 Å². The predicted molar refractivity (Wildman–Crippen MR) is 99.2 cm³/mol. The van der Waals surface area contributed by atoms with Gasteiger partial charge in [0.25, 0.3) is 0 Å². The van der Waals surface area contributed by atoms with E-state index >= 15 is 0 Å². The molecule has 0 saturated carbocycles. The molecule has 0 N–H and O–H groups in total. The molecular weight excluding hydrogens is 330 g/mol. The molecule has 6 nitrogen and oxygen atoms in total. The number of carbonyl (C=O) groups is 1. The van der Waals surface area contributed by atoms with Crippen molar-refractivity contribution in [2.75, 3.05) is 27.3 Å². The fraction of sp³-hybridized carbons (Fsp3) is 0.350. The topological polar surface area (TPSA) is 64.6 Å². The number of piperidine rings is 1. The van der Waals surface area contributed by atoms with Crippen LogP contribution < -0.4 is 9.47 Å². The van der Waals surface area contributed by atoms with E-state index in [1.165, 1.54) is 0 Å². The molecule has 0 radical (unpaired) electrons. The molecular formula is C20H23N3O3. The van der Waals surface area contributed by atoms with Crippen LogP contribution in [0.1, 0.15) is 30.1 Å². The molecule has 0 spiro atoms. The van der Waals surface area contributed by atoms with E-state index in [4.69, 9.17) is 9.47 Å². The zero-order chi connectivity index (χ0) is 18.4. The number of nitrogens with zero attached hydrogens (tertiary/aromatic N) is 3. The van der Waals surface area contributed by atoms with Gasteiger partial charge in [-0.25, -0.2) is 0 Å². The average molecular weight is 353 g/mol.